The number of benzene rings is 1. The molecule has 4 heterocycles. The molecule has 1 N–H and O–H groups in total. The molecule has 2 amide bonds. The van der Waals surface area contributed by atoms with E-state index in [1.54, 1.807) is 11.3 Å². The van der Waals surface area contributed by atoms with E-state index in [0.717, 1.165) is 53.3 Å². The van der Waals surface area contributed by atoms with Crippen LogP contribution in [-0.2, 0) is 27.4 Å². The number of likely N-dealkylation sites (tertiary alicyclic amines) is 1. The summed E-state index contributed by atoms with van der Waals surface area (Å²) >= 11 is 1.65. The summed E-state index contributed by atoms with van der Waals surface area (Å²) in [7, 11) is 0. The van der Waals surface area contributed by atoms with Crippen LogP contribution in [0.15, 0.2) is 30.5 Å². The summed E-state index contributed by atoms with van der Waals surface area (Å²) in [4.78, 5) is 37.4. The van der Waals surface area contributed by atoms with Gasteiger partial charge in [0.1, 0.15) is 0 Å². The number of rotatable bonds is 10. The van der Waals surface area contributed by atoms with Crippen LogP contribution in [0.4, 0.5) is 0 Å². The fourth-order valence-electron chi connectivity index (χ4n) is 6.79. The lowest BCUT2D eigenvalue weighted by Crippen LogP contribution is -2.56. The number of aliphatic hydroxyl groups is 1. The van der Waals surface area contributed by atoms with E-state index in [4.69, 9.17) is 9.84 Å². The molecule has 3 aliphatic rings. The molecular formula is C32H40N4O4S. The number of thiophene rings is 1. The van der Waals surface area contributed by atoms with Crippen LogP contribution in [0.2, 0.25) is 0 Å². The third-order valence-electron chi connectivity index (χ3n) is 8.95. The number of aliphatic hydroxyl groups excluding tert-OH is 1. The number of hydrogen-bond donors (Lipinski definition) is 1. The molecule has 3 fully saturated rings. The molecule has 0 spiro atoms. The monoisotopic (exact) mass is 576 g/mol. The second-order valence-corrected chi connectivity index (χ2v) is 13.2. The Hall–Kier alpha value is -2.69. The normalized spacial score (nSPS) is 25.0. The summed E-state index contributed by atoms with van der Waals surface area (Å²) in [5, 5.41) is 8.98. The van der Waals surface area contributed by atoms with Gasteiger partial charge < -0.3 is 9.84 Å². The first kappa shape index (κ1) is 28.4. The van der Waals surface area contributed by atoms with Gasteiger partial charge in [-0.3, -0.25) is 29.3 Å². The highest BCUT2D eigenvalue weighted by Crippen LogP contribution is 2.48. The molecule has 1 saturated carbocycles. The Morgan fingerprint density at radius 2 is 1.73 bits per heavy atom. The van der Waals surface area contributed by atoms with Crippen molar-refractivity contribution in [2.24, 2.45) is 11.8 Å². The number of nitrogens with zero attached hydrogens (tertiary/aromatic N) is 4. The third-order valence-corrected chi connectivity index (χ3v) is 10.1. The summed E-state index contributed by atoms with van der Waals surface area (Å²) in [6.07, 6.45) is 2.60. The maximum atomic E-state index is 12.6. The van der Waals surface area contributed by atoms with E-state index >= 15 is 0 Å². The number of amides is 2. The predicted molar refractivity (Wildman–Crippen MR) is 160 cm³/mol. The van der Waals surface area contributed by atoms with E-state index in [1.807, 2.05) is 12.3 Å². The van der Waals surface area contributed by atoms with Gasteiger partial charge in [-0.25, -0.2) is 0 Å². The van der Waals surface area contributed by atoms with Crippen LogP contribution in [-0.4, -0.2) is 88.1 Å². The van der Waals surface area contributed by atoms with Gasteiger partial charge in [0.2, 0.25) is 11.8 Å². The van der Waals surface area contributed by atoms with Crippen molar-refractivity contribution in [3.63, 3.8) is 0 Å². The Morgan fingerprint density at radius 3 is 2.44 bits per heavy atom. The molecule has 6 rings (SSSR count). The first-order valence-corrected chi connectivity index (χ1v) is 15.6. The fraction of sp³-hybridized carbons (Fsp3) is 0.531. The number of pyridine rings is 1. The van der Waals surface area contributed by atoms with Crippen molar-refractivity contribution in [3.8, 4) is 11.1 Å². The van der Waals surface area contributed by atoms with Gasteiger partial charge in [0.05, 0.1) is 48.4 Å². The van der Waals surface area contributed by atoms with Crippen LogP contribution < -0.4 is 0 Å². The number of ether oxygens (including phenoxy) is 1. The van der Waals surface area contributed by atoms with Crippen molar-refractivity contribution < 1.29 is 19.4 Å². The van der Waals surface area contributed by atoms with Crippen LogP contribution in [0.3, 0.4) is 0 Å². The topological polar surface area (TPSA) is 86.2 Å². The molecule has 2 aliphatic heterocycles. The fourth-order valence-corrected chi connectivity index (χ4v) is 7.92. The summed E-state index contributed by atoms with van der Waals surface area (Å²) in [6.45, 7) is 14.1. The molecule has 2 unspecified atom stereocenters. The van der Waals surface area contributed by atoms with E-state index in [-0.39, 0.29) is 30.3 Å². The van der Waals surface area contributed by atoms with Gasteiger partial charge in [0.15, 0.2) is 0 Å². The second-order valence-electron chi connectivity index (χ2n) is 12.1. The van der Waals surface area contributed by atoms with Crippen molar-refractivity contribution in [2.75, 3.05) is 39.5 Å². The average molecular weight is 577 g/mol. The van der Waals surface area contributed by atoms with E-state index in [2.05, 4.69) is 60.7 Å². The first-order valence-electron chi connectivity index (χ1n) is 14.7. The Bertz CT molecular complexity index is 1440. The molecular weight excluding hydrogens is 536 g/mol. The second kappa shape index (κ2) is 11.5. The predicted octanol–water partition coefficient (Wildman–Crippen LogP) is 3.99. The molecule has 4 atom stereocenters. The van der Waals surface area contributed by atoms with Crippen molar-refractivity contribution in [3.05, 3.63) is 52.0 Å². The maximum Gasteiger partial charge on any atom is 0.233 e. The molecule has 1 aliphatic carbocycles. The van der Waals surface area contributed by atoms with E-state index in [9.17, 15) is 9.59 Å². The van der Waals surface area contributed by atoms with Crippen LogP contribution in [0.25, 0.3) is 21.3 Å². The lowest BCUT2D eigenvalue weighted by molar-refractivity contribution is -0.141. The average Bonchev–Trinajstić information content (AvgIpc) is 3.57. The number of carbonyl (C=O) groups is 2. The summed E-state index contributed by atoms with van der Waals surface area (Å²) in [5.41, 5.74) is 7.15. The Balaban J connectivity index is 1.26. The van der Waals surface area contributed by atoms with Gasteiger partial charge >= 0.3 is 0 Å². The molecule has 3 aromatic rings. The zero-order valence-corrected chi connectivity index (χ0v) is 25.2. The van der Waals surface area contributed by atoms with E-state index in [1.165, 1.54) is 27.2 Å². The van der Waals surface area contributed by atoms with Gasteiger partial charge in [0.25, 0.3) is 0 Å². The highest BCUT2D eigenvalue weighted by atomic mass is 32.1. The molecule has 2 aromatic heterocycles. The minimum Gasteiger partial charge on any atom is -0.394 e. The van der Waals surface area contributed by atoms with Gasteiger partial charge in [-0.1, -0.05) is 17.7 Å². The molecule has 1 aromatic carbocycles. The summed E-state index contributed by atoms with van der Waals surface area (Å²) in [5.74, 6) is -0.171. The van der Waals surface area contributed by atoms with Crippen molar-refractivity contribution in [2.45, 2.75) is 59.3 Å². The van der Waals surface area contributed by atoms with Gasteiger partial charge in [-0.05, 0) is 62.9 Å². The number of imide groups is 1. The van der Waals surface area contributed by atoms with Crippen LogP contribution in [0.1, 0.15) is 41.8 Å². The Kier molecular flexibility index (Phi) is 8.00. The van der Waals surface area contributed by atoms with Gasteiger partial charge in [-0.15, -0.1) is 11.3 Å². The number of piperazine rings is 1. The molecule has 0 radical (unpaired) electrons. The first-order chi connectivity index (χ1) is 19.7. The summed E-state index contributed by atoms with van der Waals surface area (Å²) in [6, 6.07) is 9.50. The lowest BCUT2D eigenvalue weighted by Gasteiger charge is -2.45. The third kappa shape index (κ3) is 5.58. The van der Waals surface area contributed by atoms with Crippen LogP contribution in [0, 0.1) is 25.7 Å². The van der Waals surface area contributed by atoms with E-state index in [0.29, 0.717) is 31.8 Å². The molecule has 0 bridgehead atoms. The van der Waals surface area contributed by atoms with Gasteiger partial charge in [0, 0.05) is 54.9 Å². The van der Waals surface area contributed by atoms with Crippen LogP contribution >= 0.6 is 11.3 Å². The number of piperidine rings is 1. The molecule has 2 saturated heterocycles. The van der Waals surface area contributed by atoms with E-state index < -0.39 is 0 Å². The van der Waals surface area contributed by atoms with Gasteiger partial charge in [-0.2, -0.15) is 0 Å². The van der Waals surface area contributed by atoms with Crippen molar-refractivity contribution >= 4 is 33.4 Å². The largest absolute Gasteiger partial charge is 0.394 e. The molecule has 9 heteroatoms. The van der Waals surface area contributed by atoms with Crippen molar-refractivity contribution in [1.29, 1.82) is 0 Å². The number of aryl methyl sites for hydroxylation is 2. The number of hydrogen-bond acceptors (Lipinski definition) is 8. The maximum absolute atomic E-state index is 12.6. The highest BCUT2D eigenvalue weighted by Gasteiger charge is 2.58. The van der Waals surface area contributed by atoms with Crippen molar-refractivity contribution in [1.82, 2.24) is 19.7 Å². The zero-order chi connectivity index (χ0) is 28.8. The molecule has 8 nitrogen and oxygen atoms in total. The highest BCUT2D eigenvalue weighted by molar-refractivity contribution is 7.19. The SMILES string of the molecule is Cc1cc(C)c(CN2[C@@H](C)CN(CCOCCO)C[C@@H]2C)c(-c2ccnc3cc(CN4C(=O)C5CC5C4=O)sc23)c1. The Morgan fingerprint density at radius 1 is 1.00 bits per heavy atom. The molecule has 41 heavy (non-hydrogen) atoms. The Labute approximate surface area is 245 Å². The van der Waals surface area contributed by atoms with Crippen LogP contribution in [0.5, 0.6) is 0 Å². The number of carbonyl (C=O) groups excluding carboxylic acids is 2. The lowest BCUT2D eigenvalue weighted by atomic mass is 9.92. The summed E-state index contributed by atoms with van der Waals surface area (Å²) < 4.78 is 6.62. The number of aromatic nitrogens is 1. The minimum absolute atomic E-state index is 0.0109. The molecule has 218 valence electrons. The minimum atomic E-state index is -0.0744. The zero-order valence-electron chi connectivity index (χ0n) is 24.4. The smallest absolute Gasteiger partial charge is 0.233 e. The number of fused-ring (bicyclic) bond motifs is 2. The standard InChI is InChI=1S/C32H40N4O4S/c1-19-11-20(2)28(18-35-21(3)15-34(16-22(35)4)7-9-40-10-8-37)25(12-19)24-5-6-33-29-13-23(41-30(24)29)17-36-31(38)26-14-27(26)32(36)39/h5-6,11-13,21-22,26-27,37H,7-10,14-18H2,1-4H3/t21-,22-,26?,27?/m0/s1. The quantitative estimate of drug-likeness (QED) is 0.289.